The molecule has 1 aromatic carbocycles. The number of halogens is 2. The lowest BCUT2D eigenvalue weighted by Gasteiger charge is -2.13. The number of nitrogens with zero attached hydrogens (tertiary/aromatic N) is 1. The van der Waals surface area contributed by atoms with Crippen molar-refractivity contribution in [2.24, 2.45) is 0 Å². The van der Waals surface area contributed by atoms with Crippen molar-refractivity contribution in [1.29, 1.82) is 0 Å². The average Bonchev–Trinajstić information content (AvgIpc) is 3.04. The van der Waals surface area contributed by atoms with Crippen LogP contribution in [0, 0.1) is 5.82 Å². The summed E-state index contributed by atoms with van der Waals surface area (Å²) in [6, 6.07) is 4.48. The minimum absolute atomic E-state index is 0.0291. The van der Waals surface area contributed by atoms with Crippen LogP contribution >= 0.6 is 22.9 Å². The van der Waals surface area contributed by atoms with Crippen molar-refractivity contribution in [2.75, 3.05) is 19.0 Å². The van der Waals surface area contributed by atoms with E-state index in [1.54, 1.807) is 12.1 Å². The Labute approximate surface area is 164 Å². The molecule has 11 heteroatoms. The van der Waals surface area contributed by atoms with E-state index in [1.165, 1.54) is 24.5 Å². The molecule has 1 aliphatic carbocycles. The second kappa shape index (κ2) is 8.03. The van der Waals surface area contributed by atoms with Crippen LogP contribution in [0.3, 0.4) is 0 Å². The predicted molar refractivity (Wildman–Crippen MR) is 101 cm³/mol. The van der Waals surface area contributed by atoms with Crippen LogP contribution in [0.5, 0.6) is 0 Å². The number of carbonyl (C=O) groups is 1. The fourth-order valence-electron chi connectivity index (χ4n) is 2.49. The summed E-state index contributed by atoms with van der Waals surface area (Å²) in [7, 11) is -2.76. The van der Waals surface area contributed by atoms with Crippen molar-refractivity contribution in [3.8, 4) is 0 Å². The Hall–Kier alpha value is -1.85. The van der Waals surface area contributed by atoms with E-state index in [0.29, 0.717) is 11.6 Å². The molecule has 1 aliphatic rings. The number of anilines is 1. The SMILES string of the molecule is CNS(=O)(=O)OCC(=O)Nc1nc2c(s1)C(c1ccc(F)c(Cl)c1)=CCC2. The van der Waals surface area contributed by atoms with Gasteiger partial charge in [0.1, 0.15) is 12.4 Å². The van der Waals surface area contributed by atoms with E-state index in [1.807, 2.05) is 10.8 Å². The lowest BCUT2D eigenvalue weighted by molar-refractivity contribution is -0.118. The summed E-state index contributed by atoms with van der Waals surface area (Å²) in [5, 5.41) is 2.89. The van der Waals surface area contributed by atoms with Gasteiger partial charge < -0.3 is 0 Å². The number of hydrogen-bond donors (Lipinski definition) is 2. The number of rotatable bonds is 6. The quantitative estimate of drug-likeness (QED) is 0.732. The number of aryl methyl sites for hydroxylation is 1. The van der Waals surface area contributed by atoms with Crippen molar-refractivity contribution >= 4 is 49.9 Å². The number of carbonyl (C=O) groups excluding carboxylic acids is 1. The fourth-order valence-corrected chi connectivity index (χ4v) is 4.14. The third-order valence-electron chi connectivity index (χ3n) is 3.74. The maximum absolute atomic E-state index is 13.4. The topological polar surface area (TPSA) is 97.4 Å². The Morgan fingerprint density at radius 2 is 2.22 bits per heavy atom. The second-order valence-electron chi connectivity index (χ2n) is 5.55. The van der Waals surface area contributed by atoms with Crippen LogP contribution in [-0.4, -0.2) is 33.0 Å². The summed E-state index contributed by atoms with van der Waals surface area (Å²) < 4.78 is 42.3. The van der Waals surface area contributed by atoms with Gasteiger partial charge in [-0.3, -0.25) is 10.1 Å². The molecule has 0 fully saturated rings. The Morgan fingerprint density at radius 3 is 2.93 bits per heavy atom. The minimum Gasteiger partial charge on any atom is -0.300 e. The number of amides is 1. The maximum atomic E-state index is 13.4. The van der Waals surface area contributed by atoms with E-state index >= 15 is 0 Å². The molecular weight excluding hydrogens is 417 g/mol. The van der Waals surface area contributed by atoms with E-state index in [0.717, 1.165) is 28.1 Å². The number of hydrogen-bond acceptors (Lipinski definition) is 6. The average molecular weight is 432 g/mol. The van der Waals surface area contributed by atoms with Crippen LogP contribution in [0.15, 0.2) is 24.3 Å². The monoisotopic (exact) mass is 431 g/mol. The normalized spacial score (nSPS) is 13.8. The highest BCUT2D eigenvalue weighted by Gasteiger charge is 2.21. The zero-order valence-electron chi connectivity index (χ0n) is 14.1. The Kier molecular flexibility index (Phi) is 5.92. The zero-order chi connectivity index (χ0) is 19.6. The van der Waals surface area contributed by atoms with Crippen molar-refractivity contribution in [3.05, 3.63) is 51.2 Å². The van der Waals surface area contributed by atoms with Gasteiger partial charge in [0.05, 0.1) is 15.6 Å². The summed E-state index contributed by atoms with van der Waals surface area (Å²) in [4.78, 5) is 17.1. The number of nitrogens with one attached hydrogen (secondary N) is 2. The highest BCUT2D eigenvalue weighted by molar-refractivity contribution is 7.84. The number of allylic oxidation sites excluding steroid dienone is 1. The van der Waals surface area contributed by atoms with E-state index in [4.69, 9.17) is 11.6 Å². The summed E-state index contributed by atoms with van der Waals surface area (Å²) in [6.07, 6.45) is 3.46. The van der Waals surface area contributed by atoms with Gasteiger partial charge in [-0.05, 0) is 36.1 Å². The molecule has 0 aliphatic heterocycles. The molecule has 0 saturated heterocycles. The molecule has 0 spiro atoms. The molecule has 0 saturated carbocycles. The van der Waals surface area contributed by atoms with Gasteiger partial charge >= 0.3 is 10.3 Å². The minimum atomic E-state index is -3.94. The predicted octanol–water partition coefficient (Wildman–Crippen LogP) is 2.73. The Bertz CT molecular complexity index is 1020. The van der Waals surface area contributed by atoms with E-state index in [-0.39, 0.29) is 5.02 Å². The third kappa shape index (κ3) is 4.71. The highest BCUT2D eigenvalue weighted by Crippen LogP contribution is 2.38. The molecule has 7 nitrogen and oxygen atoms in total. The van der Waals surface area contributed by atoms with E-state index < -0.39 is 28.6 Å². The van der Waals surface area contributed by atoms with Crippen molar-refractivity contribution < 1.29 is 21.8 Å². The van der Waals surface area contributed by atoms with Crippen LogP contribution in [0.4, 0.5) is 9.52 Å². The zero-order valence-corrected chi connectivity index (χ0v) is 16.5. The molecule has 0 bridgehead atoms. The van der Waals surface area contributed by atoms with Gasteiger partial charge in [-0.25, -0.2) is 13.6 Å². The highest BCUT2D eigenvalue weighted by atomic mass is 35.5. The number of aromatic nitrogens is 1. The van der Waals surface area contributed by atoms with Crippen LogP contribution in [0.2, 0.25) is 5.02 Å². The van der Waals surface area contributed by atoms with Gasteiger partial charge in [0.2, 0.25) is 0 Å². The standard InChI is InChI=1S/C16H15ClFN3O4S2/c1-19-27(23,24)25-8-14(22)21-16-20-13-4-2-3-10(15(13)26-16)9-5-6-12(18)11(17)7-9/h3,5-7,19H,2,4,8H2,1H3,(H,20,21,22). The first-order chi connectivity index (χ1) is 12.8. The Morgan fingerprint density at radius 1 is 1.44 bits per heavy atom. The summed E-state index contributed by atoms with van der Waals surface area (Å²) >= 11 is 7.13. The molecular formula is C16H15ClFN3O4S2. The van der Waals surface area contributed by atoms with E-state index in [9.17, 15) is 17.6 Å². The third-order valence-corrected chi connectivity index (χ3v) is 6.01. The molecule has 1 aromatic heterocycles. The molecule has 144 valence electrons. The maximum Gasteiger partial charge on any atom is 0.336 e. The van der Waals surface area contributed by atoms with Crippen LogP contribution in [-0.2, 0) is 25.7 Å². The van der Waals surface area contributed by atoms with Gasteiger partial charge in [-0.1, -0.05) is 35.1 Å². The van der Waals surface area contributed by atoms with Crippen molar-refractivity contribution in [2.45, 2.75) is 12.8 Å². The number of benzene rings is 1. The Balaban J connectivity index is 1.77. The summed E-state index contributed by atoms with van der Waals surface area (Å²) in [5.41, 5.74) is 2.43. The first-order valence-electron chi connectivity index (χ1n) is 7.82. The summed E-state index contributed by atoms with van der Waals surface area (Å²) in [6.45, 7) is -0.663. The molecule has 3 rings (SSSR count). The van der Waals surface area contributed by atoms with Gasteiger partial charge in [-0.15, -0.1) is 0 Å². The van der Waals surface area contributed by atoms with Gasteiger partial charge in [-0.2, -0.15) is 13.1 Å². The molecule has 1 heterocycles. The van der Waals surface area contributed by atoms with Gasteiger partial charge in [0, 0.05) is 7.05 Å². The van der Waals surface area contributed by atoms with Crippen molar-refractivity contribution in [1.82, 2.24) is 9.71 Å². The smallest absolute Gasteiger partial charge is 0.300 e. The molecule has 2 N–H and O–H groups in total. The van der Waals surface area contributed by atoms with Gasteiger partial charge in [0.25, 0.3) is 5.91 Å². The number of fused-ring (bicyclic) bond motifs is 1. The fraction of sp³-hybridized carbons (Fsp3) is 0.250. The molecule has 0 unspecified atom stereocenters. The lowest BCUT2D eigenvalue weighted by atomic mass is 9.96. The number of thiazole rings is 1. The molecule has 1 amide bonds. The first-order valence-corrected chi connectivity index (χ1v) is 10.4. The van der Waals surface area contributed by atoms with Crippen molar-refractivity contribution in [3.63, 3.8) is 0 Å². The van der Waals surface area contributed by atoms with Crippen LogP contribution in [0.25, 0.3) is 5.57 Å². The van der Waals surface area contributed by atoms with Crippen LogP contribution < -0.4 is 10.0 Å². The molecule has 27 heavy (non-hydrogen) atoms. The van der Waals surface area contributed by atoms with Gasteiger partial charge in [0.15, 0.2) is 5.13 Å². The largest absolute Gasteiger partial charge is 0.336 e. The van der Waals surface area contributed by atoms with E-state index in [2.05, 4.69) is 14.5 Å². The second-order valence-corrected chi connectivity index (χ2v) is 8.51. The molecule has 0 radical (unpaired) electrons. The van der Waals surface area contributed by atoms with Crippen LogP contribution in [0.1, 0.15) is 22.6 Å². The lowest BCUT2D eigenvalue weighted by Crippen LogP contribution is -2.27. The summed E-state index contributed by atoms with van der Waals surface area (Å²) in [5.74, 6) is -1.14. The first kappa shape index (κ1) is 19.9. The molecule has 0 atom stereocenters. The molecule has 2 aromatic rings.